The van der Waals surface area contributed by atoms with Crippen molar-refractivity contribution in [1.82, 2.24) is 4.57 Å². The number of para-hydroxylation sites is 4. The fourth-order valence-corrected chi connectivity index (χ4v) is 8.62. The lowest BCUT2D eigenvalue weighted by atomic mass is 9.90. The van der Waals surface area contributed by atoms with E-state index in [1.807, 2.05) is 12.1 Å². The van der Waals surface area contributed by atoms with Crippen molar-refractivity contribution in [3.05, 3.63) is 206 Å². The van der Waals surface area contributed by atoms with Gasteiger partial charge in [-0.25, -0.2) is 0 Å². The number of anilines is 3. The van der Waals surface area contributed by atoms with E-state index >= 15 is 0 Å². The molecule has 2 heterocycles. The van der Waals surface area contributed by atoms with E-state index in [2.05, 4.69) is 204 Å². The molecule has 0 N–H and O–H groups in total. The van der Waals surface area contributed by atoms with Crippen LogP contribution in [0.15, 0.2) is 211 Å². The normalized spacial score (nSPS) is 11.6. The average molecular weight is 703 g/mol. The lowest BCUT2D eigenvalue weighted by Crippen LogP contribution is -2.12. The van der Waals surface area contributed by atoms with Crippen LogP contribution in [0.2, 0.25) is 0 Å². The quantitative estimate of drug-likeness (QED) is 0.172. The summed E-state index contributed by atoms with van der Waals surface area (Å²) >= 11 is 0. The largest absolute Gasteiger partial charge is 0.456 e. The van der Waals surface area contributed by atoms with Crippen LogP contribution in [0.25, 0.3) is 82.5 Å². The lowest BCUT2D eigenvalue weighted by molar-refractivity contribution is 0.669. The van der Waals surface area contributed by atoms with Crippen LogP contribution in [0.5, 0.6) is 0 Å². The van der Waals surface area contributed by atoms with E-state index in [-0.39, 0.29) is 0 Å². The van der Waals surface area contributed by atoms with Gasteiger partial charge < -0.3 is 13.9 Å². The van der Waals surface area contributed by atoms with Crippen LogP contribution in [0, 0.1) is 0 Å². The van der Waals surface area contributed by atoms with Crippen molar-refractivity contribution in [2.24, 2.45) is 0 Å². The van der Waals surface area contributed by atoms with Crippen LogP contribution < -0.4 is 4.90 Å². The number of rotatable bonds is 6. The highest BCUT2D eigenvalue weighted by molar-refractivity contribution is 6.18. The molecule has 0 fully saturated rings. The molecular formula is C52H34N2O. The second kappa shape index (κ2) is 12.6. The van der Waals surface area contributed by atoms with E-state index in [1.165, 1.54) is 43.8 Å². The maximum Gasteiger partial charge on any atom is 0.135 e. The lowest BCUT2D eigenvalue weighted by Gasteiger charge is -2.29. The number of nitrogens with zero attached hydrogens (tertiary/aromatic N) is 2. The molecule has 258 valence electrons. The number of hydrogen-bond acceptors (Lipinski definition) is 2. The molecule has 55 heavy (non-hydrogen) atoms. The van der Waals surface area contributed by atoms with Crippen molar-refractivity contribution in [2.45, 2.75) is 0 Å². The highest BCUT2D eigenvalue weighted by Crippen LogP contribution is 2.49. The number of hydrogen-bond donors (Lipinski definition) is 0. The Morgan fingerprint density at radius 2 is 1.00 bits per heavy atom. The summed E-state index contributed by atoms with van der Waals surface area (Å²) in [6, 6.07) is 74.0. The standard InChI is InChI=1S/C52H34N2O/c1-3-16-35(17-4-1)39-25-13-18-36-19-14-26-42(51(36)39)40-22-7-10-27-45(40)54(38-32-33-50-44(34-38)41-23-9-12-31-49(41)55-50)48-30-15-29-47-52(48)43-24-8-11-28-46(43)53(47)37-20-5-2-6-21-37/h1-34H. The summed E-state index contributed by atoms with van der Waals surface area (Å²) in [6.07, 6.45) is 0. The highest BCUT2D eigenvalue weighted by atomic mass is 16.3. The molecule has 0 aliphatic rings. The van der Waals surface area contributed by atoms with Gasteiger partial charge in [-0.3, -0.25) is 0 Å². The first kappa shape index (κ1) is 31.2. The van der Waals surface area contributed by atoms with Crippen LogP contribution in [0.1, 0.15) is 0 Å². The molecule has 0 aliphatic heterocycles. The third-order valence-electron chi connectivity index (χ3n) is 11.0. The molecule has 2 aromatic heterocycles. The van der Waals surface area contributed by atoms with Crippen molar-refractivity contribution in [1.29, 1.82) is 0 Å². The molecule has 9 aromatic carbocycles. The molecule has 0 spiro atoms. The Labute approximate surface area is 318 Å². The van der Waals surface area contributed by atoms with Crippen molar-refractivity contribution >= 4 is 71.6 Å². The van der Waals surface area contributed by atoms with Gasteiger partial charge >= 0.3 is 0 Å². The minimum atomic E-state index is 0.874. The molecule has 3 nitrogen and oxygen atoms in total. The summed E-state index contributed by atoms with van der Waals surface area (Å²) in [7, 11) is 0. The predicted octanol–water partition coefficient (Wildman–Crippen LogP) is 14.6. The van der Waals surface area contributed by atoms with Gasteiger partial charge in [0.1, 0.15) is 11.2 Å². The van der Waals surface area contributed by atoms with Gasteiger partial charge in [-0.15, -0.1) is 0 Å². The summed E-state index contributed by atoms with van der Waals surface area (Å²) < 4.78 is 8.74. The highest BCUT2D eigenvalue weighted by Gasteiger charge is 2.24. The van der Waals surface area contributed by atoms with E-state index in [4.69, 9.17) is 4.42 Å². The van der Waals surface area contributed by atoms with Gasteiger partial charge in [0.05, 0.1) is 22.4 Å². The summed E-state index contributed by atoms with van der Waals surface area (Å²) in [5, 5.41) is 7.03. The van der Waals surface area contributed by atoms with Gasteiger partial charge in [0.25, 0.3) is 0 Å². The average Bonchev–Trinajstić information content (AvgIpc) is 3.80. The first-order valence-corrected chi connectivity index (χ1v) is 18.8. The number of fused-ring (bicyclic) bond motifs is 7. The summed E-state index contributed by atoms with van der Waals surface area (Å²) in [5.74, 6) is 0. The van der Waals surface area contributed by atoms with Crippen LogP contribution in [0.3, 0.4) is 0 Å². The van der Waals surface area contributed by atoms with E-state index in [9.17, 15) is 0 Å². The number of furan rings is 1. The fourth-order valence-electron chi connectivity index (χ4n) is 8.62. The van der Waals surface area contributed by atoms with E-state index in [0.29, 0.717) is 0 Å². The third kappa shape index (κ3) is 4.98. The Bertz CT molecular complexity index is 3200. The van der Waals surface area contributed by atoms with E-state index in [0.717, 1.165) is 55.8 Å². The van der Waals surface area contributed by atoms with Crippen molar-refractivity contribution in [3.8, 4) is 27.9 Å². The minimum absolute atomic E-state index is 0.874. The Kier molecular flexibility index (Phi) is 7.17. The smallest absolute Gasteiger partial charge is 0.135 e. The molecule has 0 bridgehead atoms. The van der Waals surface area contributed by atoms with Crippen LogP contribution in [-0.2, 0) is 0 Å². The molecule has 0 atom stereocenters. The van der Waals surface area contributed by atoms with Gasteiger partial charge in [0.2, 0.25) is 0 Å². The zero-order valence-corrected chi connectivity index (χ0v) is 29.9. The van der Waals surface area contributed by atoms with Crippen LogP contribution in [-0.4, -0.2) is 4.57 Å². The van der Waals surface area contributed by atoms with Gasteiger partial charge in [0, 0.05) is 38.5 Å². The van der Waals surface area contributed by atoms with Gasteiger partial charge in [-0.05, 0) is 88.1 Å². The minimum Gasteiger partial charge on any atom is -0.456 e. The van der Waals surface area contributed by atoms with E-state index < -0.39 is 0 Å². The molecule has 3 heteroatoms. The Morgan fingerprint density at radius 1 is 0.382 bits per heavy atom. The molecule has 0 radical (unpaired) electrons. The second-order valence-electron chi connectivity index (χ2n) is 14.1. The van der Waals surface area contributed by atoms with E-state index in [1.54, 1.807) is 0 Å². The third-order valence-corrected chi connectivity index (χ3v) is 11.0. The monoisotopic (exact) mass is 702 g/mol. The van der Waals surface area contributed by atoms with Gasteiger partial charge in [-0.2, -0.15) is 0 Å². The summed E-state index contributed by atoms with van der Waals surface area (Å²) in [6.45, 7) is 0. The van der Waals surface area contributed by atoms with Crippen LogP contribution >= 0.6 is 0 Å². The first-order chi connectivity index (χ1) is 27.3. The molecule has 0 aliphatic carbocycles. The Hall–Kier alpha value is -7.36. The van der Waals surface area contributed by atoms with Gasteiger partial charge in [-0.1, -0.05) is 146 Å². The molecule has 0 amide bonds. The molecule has 11 aromatic rings. The zero-order chi connectivity index (χ0) is 36.3. The molecule has 11 rings (SSSR count). The summed E-state index contributed by atoms with van der Waals surface area (Å²) in [5.41, 5.74) is 13.2. The number of aromatic nitrogens is 1. The second-order valence-corrected chi connectivity index (χ2v) is 14.1. The Morgan fingerprint density at radius 3 is 1.85 bits per heavy atom. The van der Waals surface area contributed by atoms with Crippen molar-refractivity contribution in [3.63, 3.8) is 0 Å². The molecular weight excluding hydrogens is 669 g/mol. The zero-order valence-electron chi connectivity index (χ0n) is 29.9. The number of benzene rings is 9. The SMILES string of the molecule is c1ccc(-c2cccc3cccc(-c4ccccc4N(c4ccc5oc6ccccc6c5c4)c4cccc5c4c4ccccc4n5-c4ccccc4)c23)cc1. The molecule has 0 saturated carbocycles. The van der Waals surface area contributed by atoms with Crippen molar-refractivity contribution < 1.29 is 4.42 Å². The maximum absolute atomic E-state index is 6.35. The van der Waals surface area contributed by atoms with Crippen molar-refractivity contribution in [2.75, 3.05) is 4.90 Å². The Balaban J connectivity index is 1.24. The molecule has 0 saturated heterocycles. The van der Waals surface area contributed by atoms with Gasteiger partial charge in [0.15, 0.2) is 0 Å². The molecule has 0 unspecified atom stereocenters. The predicted molar refractivity (Wildman–Crippen MR) is 231 cm³/mol. The van der Waals surface area contributed by atoms with Crippen LogP contribution in [0.4, 0.5) is 17.1 Å². The summed E-state index contributed by atoms with van der Waals surface area (Å²) in [4.78, 5) is 2.46. The fraction of sp³-hybridized carbons (Fsp3) is 0. The topological polar surface area (TPSA) is 21.3 Å². The maximum atomic E-state index is 6.35. The first-order valence-electron chi connectivity index (χ1n) is 18.8.